The van der Waals surface area contributed by atoms with Crippen LogP contribution in [-0.4, -0.2) is 67.7 Å². The fourth-order valence-electron chi connectivity index (χ4n) is 4.80. The molecule has 43 heavy (non-hydrogen) atoms. The smallest absolute Gasteiger partial charge is 0.327 e. The van der Waals surface area contributed by atoms with Gasteiger partial charge in [0.05, 0.1) is 18.1 Å². The average Bonchev–Trinajstić information content (AvgIpc) is 3.51. The Labute approximate surface area is 248 Å². The highest BCUT2D eigenvalue weighted by molar-refractivity contribution is 7.90. The minimum atomic E-state index is -3.35. The van der Waals surface area contributed by atoms with Crippen molar-refractivity contribution < 1.29 is 27.1 Å². The lowest BCUT2D eigenvalue weighted by Gasteiger charge is -2.26. The van der Waals surface area contributed by atoms with Crippen LogP contribution in [0.5, 0.6) is 0 Å². The predicted octanol–water partition coefficient (Wildman–Crippen LogP) is 3.69. The van der Waals surface area contributed by atoms with E-state index in [0.29, 0.717) is 54.6 Å². The first-order chi connectivity index (χ1) is 20.7. The molecule has 0 radical (unpaired) electrons. The molecule has 0 aliphatic carbocycles. The maximum absolute atomic E-state index is 12.9. The molecule has 1 saturated heterocycles. The fourth-order valence-corrected chi connectivity index (χ4v) is 5.43. The van der Waals surface area contributed by atoms with Gasteiger partial charge in [0.2, 0.25) is 5.82 Å². The molecule has 0 spiro atoms. The van der Waals surface area contributed by atoms with E-state index in [9.17, 15) is 18.0 Å². The second-order valence-electron chi connectivity index (χ2n) is 10.1. The molecular formula is C31H29N6O5S+. The van der Waals surface area contributed by atoms with Crippen LogP contribution in [-0.2, 0) is 14.6 Å². The normalized spacial score (nSPS) is 13.6. The summed E-state index contributed by atoms with van der Waals surface area (Å²) < 4.78 is 30.7. The number of aromatic nitrogens is 3. The summed E-state index contributed by atoms with van der Waals surface area (Å²) in [6.07, 6.45) is 6.69. The summed E-state index contributed by atoms with van der Waals surface area (Å²) in [5.74, 6) is 0.198. The molecular weight excluding hydrogens is 568 g/mol. The minimum Gasteiger partial charge on any atom is -0.378 e. The molecule has 0 atom stereocenters. The first kappa shape index (κ1) is 28.1. The molecule has 1 aliphatic heterocycles. The quantitative estimate of drug-likeness (QED) is 0.243. The van der Waals surface area contributed by atoms with Crippen molar-refractivity contribution in [2.45, 2.75) is 4.90 Å². The number of ether oxygens (including phenoxy) is 1. The lowest BCUT2D eigenvalue weighted by atomic mass is 10.1. The third-order valence-corrected chi connectivity index (χ3v) is 8.21. The van der Waals surface area contributed by atoms with E-state index in [1.54, 1.807) is 23.1 Å². The zero-order valence-electron chi connectivity index (χ0n) is 23.3. The molecule has 2 aromatic heterocycles. The first-order valence-electron chi connectivity index (χ1n) is 13.6. The van der Waals surface area contributed by atoms with Crippen LogP contribution in [0.4, 0.5) is 17.2 Å². The number of fused-ring (bicyclic) bond motifs is 1. The summed E-state index contributed by atoms with van der Waals surface area (Å²) in [7, 11) is -3.35. The van der Waals surface area contributed by atoms with Crippen molar-refractivity contribution in [1.82, 2.24) is 14.9 Å². The molecule has 11 nitrogen and oxygen atoms in total. The monoisotopic (exact) mass is 597 g/mol. The molecule has 3 N–H and O–H groups in total. The summed E-state index contributed by atoms with van der Waals surface area (Å²) in [6.45, 7) is 2.27. The Morgan fingerprint density at radius 2 is 1.67 bits per heavy atom. The van der Waals surface area contributed by atoms with Gasteiger partial charge in [0.25, 0.3) is 11.8 Å². The molecule has 12 heteroatoms. The Hall–Kier alpha value is -5.07. The summed E-state index contributed by atoms with van der Waals surface area (Å²) in [4.78, 5) is 35.7. The van der Waals surface area contributed by atoms with Crippen molar-refractivity contribution in [3.63, 3.8) is 0 Å². The second-order valence-corrected chi connectivity index (χ2v) is 12.1. The maximum Gasteiger partial charge on any atom is 0.327 e. The van der Waals surface area contributed by atoms with Gasteiger partial charge in [0.1, 0.15) is 24.3 Å². The van der Waals surface area contributed by atoms with Gasteiger partial charge in [-0.15, -0.1) is 0 Å². The third-order valence-electron chi connectivity index (χ3n) is 7.09. The number of H-pyrrole nitrogens is 1. The van der Waals surface area contributed by atoms with Gasteiger partial charge < -0.3 is 20.3 Å². The van der Waals surface area contributed by atoms with E-state index in [1.807, 2.05) is 53.3 Å². The average molecular weight is 598 g/mol. The molecule has 6 rings (SSSR count). The molecule has 0 saturated carbocycles. The predicted molar refractivity (Wildman–Crippen MR) is 161 cm³/mol. The van der Waals surface area contributed by atoms with Crippen LogP contribution < -0.4 is 15.0 Å². The Bertz CT molecular complexity index is 1910. The maximum atomic E-state index is 12.9. The number of sulfone groups is 1. The number of rotatable bonds is 7. The van der Waals surface area contributed by atoms with Crippen LogP contribution in [0.3, 0.4) is 0 Å². The van der Waals surface area contributed by atoms with Gasteiger partial charge in [-0.3, -0.25) is 9.59 Å². The molecule has 3 heterocycles. The van der Waals surface area contributed by atoms with E-state index < -0.39 is 9.84 Å². The molecule has 3 aromatic carbocycles. The van der Waals surface area contributed by atoms with Gasteiger partial charge in [-0.05, 0) is 60.7 Å². The van der Waals surface area contributed by atoms with Gasteiger partial charge in [0.15, 0.2) is 9.84 Å². The third kappa shape index (κ3) is 6.25. The van der Waals surface area contributed by atoms with Crippen LogP contribution in [0.25, 0.3) is 16.9 Å². The van der Waals surface area contributed by atoms with Crippen LogP contribution in [0.15, 0.2) is 96.3 Å². The number of hydrogen-bond donors (Lipinski definition) is 3. The van der Waals surface area contributed by atoms with Crippen molar-refractivity contribution in [3.8, 4) is 11.3 Å². The van der Waals surface area contributed by atoms with Crippen molar-refractivity contribution in [1.29, 1.82) is 0 Å². The van der Waals surface area contributed by atoms with Gasteiger partial charge in [-0.1, -0.05) is 12.1 Å². The molecule has 0 unspecified atom stereocenters. The Balaban J connectivity index is 1.22. The Morgan fingerprint density at radius 3 is 2.40 bits per heavy atom. The van der Waals surface area contributed by atoms with Crippen LogP contribution in [0.1, 0.15) is 20.7 Å². The number of aromatic amines is 1. The first-order valence-corrected chi connectivity index (χ1v) is 15.5. The minimum absolute atomic E-state index is 0.0184. The number of nitrogens with one attached hydrogen (secondary N) is 3. The highest BCUT2D eigenvalue weighted by Crippen LogP contribution is 2.25. The van der Waals surface area contributed by atoms with Crippen LogP contribution >= 0.6 is 0 Å². The van der Waals surface area contributed by atoms with E-state index in [1.165, 1.54) is 24.3 Å². The summed E-state index contributed by atoms with van der Waals surface area (Å²) in [5, 5.41) is 6.22. The number of hydrogen-bond acceptors (Lipinski definition) is 7. The number of amides is 2. The summed E-state index contributed by atoms with van der Waals surface area (Å²) in [6, 6.07) is 20.4. The number of anilines is 3. The SMILES string of the molecule is CS(=O)(=O)c1ccc(C(=O)Nc2cccc(-c3c[n+]4cc[nH]c4c(Nc4ccc(C(=O)N5CCOCC5)cc4)n3)c2)cc1. The van der Waals surface area contributed by atoms with Crippen molar-refractivity contribution in [2.75, 3.05) is 43.2 Å². The highest BCUT2D eigenvalue weighted by Gasteiger charge is 2.19. The van der Waals surface area contributed by atoms with Gasteiger partial charge in [0, 0.05) is 47.4 Å². The molecule has 5 aromatic rings. The molecule has 1 fully saturated rings. The number of imidazole rings is 1. The Kier molecular flexibility index (Phi) is 7.61. The second kappa shape index (κ2) is 11.7. The van der Waals surface area contributed by atoms with Crippen LogP contribution in [0.2, 0.25) is 0 Å². The Morgan fingerprint density at radius 1 is 0.953 bits per heavy atom. The van der Waals surface area contributed by atoms with E-state index >= 15 is 0 Å². The van der Waals surface area contributed by atoms with E-state index in [2.05, 4.69) is 15.6 Å². The molecule has 0 bridgehead atoms. The van der Waals surface area contributed by atoms with E-state index in [-0.39, 0.29) is 16.7 Å². The molecule has 1 aliphatic rings. The topological polar surface area (TPSA) is 138 Å². The number of carbonyl (C=O) groups excluding carboxylic acids is 2. The number of morpholine rings is 1. The summed E-state index contributed by atoms with van der Waals surface area (Å²) in [5.41, 5.74) is 4.46. The highest BCUT2D eigenvalue weighted by atomic mass is 32.2. The number of nitrogens with zero attached hydrogens (tertiary/aromatic N) is 3. The van der Waals surface area contributed by atoms with Gasteiger partial charge in [-0.2, -0.15) is 4.40 Å². The zero-order chi connectivity index (χ0) is 30.0. The van der Waals surface area contributed by atoms with E-state index in [4.69, 9.17) is 9.72 Å². The van der Waals surface area contributed by atoms with Crippen molar-refractivity contribution in [3.05, 3.63) is 103 Å². The molecule has 2 amide bonds. The van der Waals surface area contributed by atoms with Crippen LogP contribution in [0, 0.1) is 0 Å². The lowest BCUT2D eigenvalue weighted by molar-refractivity contribution is -0.509. The van der Waals surface area contributed by atoms with Gasteiger partial charge in [-0.25, -0.2) is 18.4 Å². The molecule has 218 valence electrons. The summed E-state index contributed by atoms with van der Waals surface area (Å²) >= 11 is 0. The van der Waals surface area contributed by atoms with Crippen molar-refractivity contribution in [2.24, 2.45) is 0 Å². The number of benzene rings is 3. The van der Waals surface area contributed by atoms with E-state index in [0.717, 1.165) is 23.2 Å². The van der Waals surface area contributed by atoms with Gasteiger partial charge >= 0.3 is 5.65 Å². The fraction of sp³-hybridized carbons (Fsp3) is 0.161. The lowest BCUT2D eigenvalue weighted by Crippen LogP contribution is -2.40. The standard InChI is InChI=1S/C31H28N6O5S/c1-43(40,41)26-11-7-21(8-12-26)30(38)34-25-4-2-3-23(19-25)27-20-37-14-13-32-29(37)28(35-27)33-24-9-5-22(6-10-24)31(39)36-15-17-42-18-16-36/h2-14,19-20H,15-18H2,1H3,(H2,33,34,35,38,39)/p+1. The number of carbonyl (C=O) groups is 2. The largest absolute Gasteiger partial charge is 0.378 e. The zero-order valence-corrected chi connectivity index (χ0v) is 24.1. The van der Waals surface area contributed by atoms with Crippen molar-refractivity contribution >= 4 is 44.5 Å².